The Morgan fingerprint density at radius 2 is 2.00 bits per heavy atom. The van der Waals surface area contributed by atoms with Gasteiger partial charge < -0.3 is 22.5 Å². The lowest BCUT2D eigenvalue weighted by molar-refractivity contribution is 0.491. The van der Waals surface area contributed by atoms with Crippen molar-refractivity contribution in [3.8, 4) is 0 Å². The van der Waals surface area contributed by atoms with Gasteiger partial charge in [0.25, 0.3) is 0 Å². The number of hydrogen-bond acceptors (Lipinski definition) is 4. The van der Waals surface area contributed by atoms with Crippen LogP contribution in [0.4, 0.5) is 5.69 Å². The van der Waals surface area contributed by atoms with Crippen LogP contribution < -0.4 is 22.5 Å². The summed E-state index contributed by atoms with van der Waals surface area (Å²) < 4.78 is 0. The Morgan fingerprint density at radius 3 is 2.60 bits per heavy atom. The molecule has 0 radical (unpaired) electrons. The monoisotopic (exact) mass is 202 g/mol. The Kier molecular flexibility index (Phi) is 2.13. The van der Waals surface area contributed by atoms with E-state index in [4.69, 9.17) is 17.2 Å². The fourth-order valence-electron chi connectivity index (χ4n) is 1.50. The van der Waals surface area contributed by atoms with Crippen LogP contribution >= 0.6 is 0 Å². The van der Waals surface area contributed by atoms with Crippen LogP contribution in [0.15, 0.2) is 48.3 Å². The molecule has 0 bridgehead atoms. The highest BCUT2D eigenvalue weighted by Crippen LogP contribution is 2.21. The van der Waals surface area contributed by atoms with Crippen LogP contribution in [-0.4, -0.2) is 0 Å². The second-order valence-electron chi connectivity index (χ2n) is 3.62. The summed E-state index contributed by atoms with van der Waals surface area (Å²) in [6.07, 6.45) is 5.28. The third-order valence-corrected chi connectivity index (χ3v) is 2.38. The maximum absolute atomic E-state index is 6.16. The summed E-state index contributed by atoms with van der Waals surface area (Å²) in [4.78, 5) is 0. The molecule has 1 aromatic carbocycles. The van der Waals surface area contributed by atoms with Gasteiger partial charge in [-0.2, -0.15) is 0 Å². The van der Waals surface area contributed by atoms with Crippen molar-refractivity contribution in [3.05, 3.63) is 53.9 Å². The van der Waals surface area contributed by atoms with Gasteiger partial charge in [0.15, 0.2) is 0 Å². The summed E-state index contributed by atoms with van der Waals surface area (Å²) in [5.74, 6) is 0. The average Bonchev–Trinajstić information content (AvgIpc) is 2.23. The summed E-state index contributed by atoms with van der Waals surface area (Å²) in [6.45, 7) is 0. The summed E-state index contributed by atoms with van der Waals surface area (Å²) in [7, 11) is 0. The number of anilines is 1. The molecule has 1 aliphatic rings. The predicted octanol–water partition coefficient (Wildman–Crippen LogP) is 0.340. The lowest BCUT2D eigenvalue weighted by Crippen LogP contribution is -2.48. The van der Waals surface area contributed by atoms with E-state index in [9.17, 15) is 0 Å². The molecule has 0 aliphatic carbocycles. The van der Waals surface area contributed by atoms with Crippen LogP contribution in [0.25, 0.3) is 0 Å². The quantitative estimate of drug-likeness (QED) is 0.494. The van der Waals surface area contributed by atoms with Gasteiger partial charge in [-0.25, -0.2) is 0 Å². The minimum Gasteiger partial charge on any atom is -0.399 e. The van der Waals surface area contributed by atoms with Gasteiger partial charge in [0.1, 0.15) is 5.66 Å². The number of rotatable bonds is 1. The molecule has 0 aromatic heterocycles. The van der Waals surface area contributed by atoms with Crippen molar-refractivity contribution in [1.29, 1.82) is 0 Å². The molecule has 0 spiro atoms. The zero-order valence-corrected chi connectivity index (χ0v) is 8.27. The van der Waals surface area contributed by atoms with Crippen LogP contribution in [0.3, 0.4) is 0 Å². The molecule has 0 saturated heterocycles. The number of nitrogens with two attached hydrogens (primary N) is 3. The molecular weight excluding hydrogens is 188 g/mol. The van der Waals surface area contributed by atoms with Gasteiger partial charge in [0, 0.05) is 17.6 Å². The Balaban J connectivity index is 2.36. The van der Waals surface area contributed by atoms with Crippen molar-refractivity contribution in [1.82, 2.24) is 5.32 Å². The molecule has 0 saturated carbocycles. The van der Waals surface area contributed by atoms with Gasteiger partial charge in [0.2, 0.25) is 0 Å². The van der Waals surface area contributed by atoms with Gasteiger partial charge in [-0.3, -0.25) is 0 Å². The van der Waals surface area contributed by atoms with E-state index in [-0.39, 0.29) is 0 Å². The third kappa shape index (κ3) is 1.80. The molecule has 78 valence electrons. The number of benzene rings is 1. The van der Waals surface area contributed by atoms with Crippen molar-refractivity contribution in [2.24, 2.45) is 11.5 Å². The van der Waals surface area contributed by atoms with Crippen molar-refractivity contribution in [2.75, 3.05) is 5.73 Å². The number of nitrogen functional groups attached to an aromatic ring is 1. The van der Waals surface area contributed by atoms with E-state index in [1.807, 2.05) is 30.3 Å². The van der Waals surface area contributed by atoms with Crippen LogP contribution in [0.2, 0.25) is 0 Å². The molecule has 2 rings (SSSR count). The molecule has 1 aromatic rings. The number of nitrogens with one attached hydrogen (secondary N) is 1. The average molecular weight is 202 g/mol. The number of hydrogen-bond donors (Lipinski definition) is 4. The van der Waals surface area contributed by atoms with Crippen LogP contribution in [0, 0.1) is 0 Å². The van der Waals surface area contributed by atoms with Gasteiger partial charge in [-0.05, 0) is 29.8 Å². The topological polar surface area (TPSA) is 90.1 Å². The third-order valence-electron chi connectivity index (χ3n) is 2.38. The summed E-state index contributed by atoms with van der Waals surface area (Å²) in [5.41, 5.74) is 19.0. The van der Waals surface area contributed by atoms with Crippen molar-refractivity contribution >= 4 is 5.69 Å². The van der Waals surface area contributed by atoms with E-state index in [2.05, 4.69) is 5.32 Å². The van der Waals surface area contributed by atoms with E-state index < -0.39 is 5.66 Å². The minimum atomic E-state index is -0.724. The fourth-order valence-corrected chi connectivity index (χ4v) is 1.50. The second kappa shape index (κ2) is 3.33. The first kappa shape index (κ1) is 9.61. The summed E-state index contributed by atoms with van der Waals surface area (Å²) in [5, 5.41) is 3.04. The molecule has 0 fully saturated rings. The zero-order valence-electron chi connectivity index (χ0n) is 8.27. The maximum Gasteiger partial charge on any atom is 0.131 e. The molecule has 1 atom stereocenters. The highest BCUT2D eigenvalue weighted by molar-refractivity contribution is 5.45. The Hall–Kier alpha value is -1.94. The van der Waals surface area contributed by atoms with Crippen LogP contribution in [-0.2, 0) is 5.66 Å². The Labute approximate surface area is 88.4 Å². The first-order valence-electron chi connectivity index (χ1n) is 4.68. The molecule has 1 heterocycles. The largest absolute Gasteiger partial charge is 0.399 e. The van der Waals surface area contributed by atoms with E-state index in [0.717, 1.165) is 5.56 Å². The highest BCUT2D eigenvalue weighted by atomic mass is 15.1. The van der Waals surface area contributed by atoms with E-state index in [0.29, 0.717) is 11.4 Å². The fraction of sp³-hybridized carbons (Fsp3) is 0.0909. The molecule has 0 amide bonds. The van der Waals surface area contributed by atoms with Gasteiger partial charge >= 0.3 is 0 Å². The van der Waals surface area contributed by atoms with E-state index in [1.54, 1.807) is 12.3 Å². The molecule has 7 N–H and O–H groups in total. The Morgan fingerprint density at radius 1 is 1.20 bits per heavy atom. The SMILES string of the molecule is NC1=CNC(N)(c2cccc(N)c2)C=C1. The van der Waals surface area contributed by atoms with Crippen molar-refractivity contribution in [2.45, 2.75) is 5.66 Å². The zero-order chi connectivity index (χ0) is 10.9. The van der Waals surface area contributed by atoms with Crippen molar-refractivity contribution < 1.29 is 0 Å². The Bertz CT molecular complexity index is 436. The molecule has 4 nitrogen and oxygen atoms in total. The van der Waals surface area contributed by atoms with E-state index in [1.165, 1.54) is 0 Å². The maximum atomic E-state index is 6.16. The molecular formula is C11H14N4. The lowest BCUT2D eigenvalue weighted by Gasteiger charge is -2.30. The first-order chi connectivity index (χ1) is 7.10. The van der Waals surface area contributed by atoms with Crippen LogP contribution in [0.1, 0.15) is 5.56 Å². The highest BCUT2D eigenvalue weighted by Gasteiger charge is 2.24. The summed E-state index contributed by atoms with van der Waals surface area (Å²) in [6, 6.07) is 7.45. The lowest BCUT2D eigenvalue weighted by atomic mass is 9.97. The van der Waals surface area contributed by atoms with Gasteiger partial charge in [0.05, 0.1) is 0 Å². The summed E-state index contributed by atoms with van der Waals surface area (Å²) >= 11 is 0. The van der Waals surface area contributed by atoms with E-state index >= 15 is 0 Å². The van der Waals surface area contributed by atoms with Gasteiger partial charge in [-0.15, -0.1) is 0 Å². The number of dihydropyridines is 1. The molecule has 15 heavy (non-hydrogen) atoms. The van der Waals surface area contributed by atoms with Crippen LogP contribution in [0.5, 0.6) is 0 Å². The predicted molar refractivity (Wildman–Crippen MR) is 61.3 cm³/mol. The number of allylic oxidation sites excluding steroid dienone is 1. The van der Waals surface area contributed by atoms with Crippen molar-refractivity contribution in [3.63, 3.8) is 0 Å². The minimum absolute atomic E-state index is 0.653. The normalized spacial score (nSPS) is 24.5. The molecule has 1 unspecified atom stereocenters. The molecule has 4 heteroatoms. The smallest absolute Gasteiger partial charge is 0.131 e. The van der Waals surface area contributed by atoms with Gasteiger partial charge in [-0.1, -0.05) is 12.1 Å². The molecule has 1 aliphatic heterocycles. The second-order valence-corrected chi connectivity index (χ2v) is 3.62. The standard InChI is InChI=1S/C11H14N4/c12-9-3-1-2-8(6-9)11(14)5-4-10(13)7-15-11/h1-7,15H,12-14H2. The first-order valence-corrected chi connectivity index (χ1v) is 4.68.